The number of nitrogens with one attached hydrogen (secondary N) is 2. The summed E-state index contributed by atoms with van der Waals surface area (Å²) in [5, 5.41) is 5.48. The maximum absolute atomic E-state index is 11.9. The fourth-order valence-electron chi connectivity index (χ4n) is 2.22. The number of carbonyl (C=O) groups excluding carboxylic acids is 1. The molecule has 0 aliphatic rings. The Morgan fingerprint density at radius 2 is 1.67 bits per heavy atom. The third-order valence-electron chi connectivity index (χ3n) is 3.96. The summed E-state index contributed by atoms with van der Waals surface area (Å²) in [5.74, 6) is 0.743. The summed E-state index contributed by atoms with van der Waals surface area (Å²) >= 11 is 0. The Kier molecular flexibility index (Phi) is 5.50. The topological polar surface area (TPSA) is 50.4 Å². The summed E-state index contributed by atoms with van der Waals surface area (Å²) in [6, 6.07) is 13.4. The van der Waals surface area contributed by atoms with Gasteiger partial charge in [-0.25, -0.2) is 4.79 Å². The molecule has 0 aliphatic heterocycles. The van der Waals surface area contributed by atoms with E-state index in [9.17, 15) is 4.79 Å². The number of hydrogen-bond acceptors (Lipinski definition) is 2. The summed E-state index contributed by atoms with van der Waals surface area (Å²) in [4.78, 5) is 11.9. The van der Waals surface area contributed by atoms with Gasteiger partial charge in [0.2, 0.25) is 0 Å². The zero-order chi connectivity index (χ0) is 17.7. The molecule has 0 unspecified atom stereocenters. The van der Waals surface area contributed by atoms with E-state index in [-0.39, 0.29) is 18.2 Å². The fraction of sp³-hybridized carbons (Fsp3) is 0.350. The zero-order valence-corrected chi connectivity index (χ0v) is 15.1. The van der Waals surface area contributed by atoms with Gasteiger partial charge in [-0.05, 0) is 60.2 Å². The lowest BCUT2D eigenvalue weighted by atomic mass is 9.87. The zero-order valence-electron chi connectivity index (χ0n) is 15.1. The van der Waals surface area contributed by atoms with E-state index in [0.29, 0.717) is 0 Å². The van der Waals surface area contributed by atoms with Gasteiger partial charge in [-0.3, -0.25) is 0 Å². The summed E-state index contributed by atoms with van der Waals surface area (Å²) in [7, 11) is 0. The van der Waals surface area contributed by atoms with Crippen molar-refractivity contribution in [3.8, 4) is 5.75 Å². The second kappa shape index (κ2) is 7.39. The lowest BCUT2D eigenvalue weighted by Crippen LogP contribution is -2.32. The van der Waals surface area contributed by atoms with Crippen molar-refractivity contribution in [3.05, 3.63) is 59.2 Å². The molecular formula is C20H26N2O2. The molecule has 2 N–H and O–H groups in total. The van der Waals surface area contributed by atoms with Crippen molar-refractivity contribution in [2.24, 2.45) is 0 Å². The number of amides is 2. The van der Waals surface area contributed by atoms with Gasteiger partial charge in [-0.2, -0.15) is 0 Å². The Morgan fingerprint density at radius 3 is 2.25 bits per heavy atom. The van der Waals surface area contributed by atoms with Crippen LogP contribution in [0.25, 0.3) is 0 Å². The Balaban J connectivity index is 1.81. The van der Waals surface area contributed by atoms with Gasteiger partial charge in [0, 0.05) is 5.69 Å². The number of urea groups is 1. The van der Waals surface area contributed by atoms with Crippen molar-refractivity contribution in [2.75, 3.05) is 12.0 Å². The highest BCUT2D eigenvalue weighted by molar-refractivity contribution is 5.89. The summed E-state index contributed by atoms with van der Waals surface area (Å²) in [5.41, 5.74) is 4.46. The number of carbonyl (C=O) groups is 1. The van der Waals surface area contributed by atoms with Gasteiger partial charge in [0.05, 0.1) is 0 Å². The maximum atomic E-state index is 11.9. The first-order valence-corrected chi connectivity index (χ1v) is 8.11. The van der Waals surface area contributed by atoms with Crippen molar-refractivity contribution in [3.63, 3.8) is 0 Å². The van der Waals surface area contributed by atoms with Crippen LogP contribution in [0.3, 0.4) is 0 Å². The molecule has 2 aromatic rings. The normalized spacial score (nSPS) is 11.0. The van der Waals surface area contributed by atoms with Crippen molar-refractivity contribution in [2.45, 2.75) is 40.0 Å². The van der Waals surface area contributed by atoms with Crippen LogP contribution in [0, 0.1) is 13.8 Å². The van der Waals surface area contributed by atoms with Crippen molar-refractivity contribution in [1.29, 1.82) is 0 Å². The number of rotatable bonds is 4. The van der Waals surface area contributed by atoms with Gasteiger partial charge < -0.3 is 15.4 Å². The van der Waals surface area contributed by atoms with E-state index >= 15 is 0 Å². The molecule has 24 heavy (non-hydrogen) atoms. The van der Waals surface area contributed by atoms with E-state index in [4.69, 9.17) is 4.74 Å². The number of hydrogen-bond donors (Lipinski definition) is 2. The molecule has 4 nitrogen and oxygen atoms in total. The highest BCUT2D eigenvalue weighted by Crippen LogP contribution is 2.23. The summed E-state index contributed by atoms with van der Waals surface area (Å²) in [6.45, 7) is 10.7. The first-order valence-electron chi connectivity index (χ1n) is 8.11. The second-order valence-corrected chi connectivity index (χ2v) is 6.99. The van der Waals surface area contributed by atoms with Crippen molar-refractivity contribution < 1.29 is 9.53 Å². The van der Waals surface area contributed by atoms with E-state index in [2.05, 4.69) is 38.3 Å². The Hall–Kier alpha value is -2.49. The average molecular weight is 326 g/mol. The van der Waals surface area contributed by atoms with E-state index in [1.807, 2.05) is 49.4 Å². The van der Waals surface area contributed by atoms with Crippen LogP contribution in [0.15, 0.2) is 42.5 Å². The third-order valence-corrected chi connectivity index (χ3v) is 3.96. The lowest BCUT2D eigenvalue weighted by Gasteiger charge is -2.19. The van der Waals surface area contributed by atoms with Crippen LogP contribution in [0.4, 0.5) is 10.5 Å². The van der Waals surface area contributed by atoms with E-state index in [1.165, 1.54) is 11.1 Å². The molecule has 0 saturated carbocycles. The summed E-state index contributed by atoms with van der Waals surface area (Å²) < 4.78 is 5.54. The first-order chi connectivity index (χ1) is 11.3. The van der Waals surface area contributed by atoms with Crippen LogP contribution < -0.4 is 15.4 Å². The highest BCUT2D eigenvalue weighted by atomic mass is 16.5. The molecule has 128 valence electrons. The van der Waals surface area contributed by atoms with E-state index in [1.54, 1.807) is 0 Å². The molecule has 2 amide bonds. The lowest BCUT2D eigenvalue weighted by molar-refractivity contribution is 0.234. The van der Waals surface area contributed by atoms with E-state index < -0.39 is 0 Å². The molecule has 0 bridgehead atoms. The average Bonchev–Trinajstić information content (AvgIpc) is 2.50. The number of ether oxygens (including phenoxy) is 1. The molecule has 0 heterocycles. The standard InChI is InChI=1S/C20H26N2O2/c1-14-6-11-18(12-15(14)2)24-13-21-19(23)22-17-9-7-16(8-10-17)20(3,4)5/h6-12H,13H2,1-5H3,(H2,21,22,23). The Labute approximate surface area is 144 Å². The van der Waals surface area contributed by atoms with Crippen LogP contribution in [0.1, 0.15) is 37.5 Å². The van der Waals surface area contributed by atoms with Gasteiger partial charge in [-0.1, -0.05) is 39.0 Å². The van der Waals surface area contributed by atoms with Gasteiger partial charge in [0.25, 0.3) is 0 Å². The number of aryl methyl sites for hydroxylation is 2. The number of anilines is 1. The van der Waals surface area contributed by atoms with Gasteiger partial charge in [0.15, 0.2) is 6.73 Å². The van der Waals surface area contributed by atoms with Gasteiger partial charge in [-0.15, -0.1) is 0 Å². The minimum Gasteiger partial charge on any atom is -0.473 e. The molecule has 4 heteroatoms. The second-order valence-electron chi connectivity index (χ2n) is 6.99. The molecule has 0 fully saturated rings. The quantitative estimate of drug-likeness (QED) is 0.796. The third kappa shape index (κ3) is 5.01. The Morgan fingerprint density at radius 1 is 1.00 bits per heavy atom. The first kappa shape index (κ1) is 17.9. The van der Waals surface area contributed by atoms with Crippen LogP contribution in [-0.4, -0.2) is 12.8 Å². The molecule has 0 spiro atoms. The molecule has 0 radical (unpaired) electrons. The SMILES string of the molecule is Cc1ccc(OCNC(=O)Nc2ccc(C(C)(C)C)cc2)cc1C. The smallest absolute Gasteiger partial charge is 0.321 e. The van der Waals surface area contributed by atoms with E-state index in [0.717, 1.165) is 17.0 Å². The number of benzene rings is 2. The largest absolute Gasteiger partial charge is 0.473 e. The monoisotopic (exact) mass is 326 g/mol. The predicted molar refractivity (Wildman–Crippen MR) is 98.7 cm³/mol. The van der Waals surface area contributed by atoms with Gasteiger partial charge in [0.1, 0.15) is 5.75 Å². The fourth-order valence-corrected chi connectivity index (χ4v) is 2.22. The highest BCUT2D eigenvalue weighted by Gasteiger charge is 2.13. The molecule has 2 aromatic carbocycles. The van der Waals surface area contributed by atoms with Crippen molar-refractivity contribution in [1.82, 2.24) is 5.32 Å². The van der Waals surface area contributed by atoms with Crippen LogP contribution in [-0.2, 0) is 5.41 Å². The van der Waals surface area contributed by atoms with Crippen LogP contribution in [0.5, 0.6) is 5.75 Å². The molecule has 0 atom stereocenters. The maximum Gasteiger partial charge on any atom is 0.321 e. The molecule has 0 aliphatic carbocycles. The van der Waals surface area contributed by atoms with Crippen molar-refractivity contribution >= 4 is 11.7 Å². The van der Waals surface area contributed by atoms with Crippen LogP contribution in [0.2, 0.25) is 0 Å². The molecule has 2 rings (SSSR count). The van der Waals surface area contributed by atoms with Gasteiger partial charge >= 0.3 is 6.03 Å². The molecular weight excluding hydrogens is 300 g/mol. The minimum absolute atomic E-state index is 0.0980. The minimum atomic E-state index is -0.289. The van der Waals surface area contributed by atoms with Crippen LogP contribution >= 0.6 is 0 Å². The Bertz CT molecular complexity index is 701. The molecule has 0 saturated heterocycles. The predicted octanol–water partition coefficient (Wildman–Crippen LogP) is 4.76. The molecule has 0 aromatic heterocycles. The summed E-state index contributed by atoms with van der Waals surface area (Å²) in [6.07, 6.45) is 0.